The first-order valence-corrected chi connectivity index (χ1v) is 26.6. The van der Waals surface area contributed by atoms with Crippen LogP contribution in [0.3, 0.4) is 0 Å². The van der Waals surface area contributed by atoms with Gasteiger partial charge in [-0.15, -0.1) is 0 Å². The number of hydrogen-bond acceptors (Lipinski definition) is 14. The van der Waals surface area contributed by atoms with Crippen molar-refractivity contribution in [2.24, 2.45) is 0 Å². The third kappa shape index (κ3) is 17.1. The third-order valence-electron chi connectivity index (χ3n) is 13.6. The van der Waals surface area contributed by atoms with E-state index in [1.807, 2.05) is 36.4 Å². The number of esters is 2. The predicted octanol–water partition coefficient (Wildman–Crippen LogP) is 5.75. The Morgan fingerprint density at radius 1 is 0.506 bits per heavy atom. The SMILES string of the molecule is CC(C)(C)OC(=O)CN1C(=O)[C@H](NC(=O)Nc2cccc(C(=O)[O-])c2)CN(C2CCCCC2)c2ccccc21.CC(C)(C)OC(=O)CN1C(=O)[C@H](NC(=O)Nc2cccc(C(=O)[O-])c2)CN(C2CCCCC2)c2ccccc21.[Ca+2]. The van der Waals surface area contributed by atoms with Crippen LogP contribution in [0.4, 0.5) is 43.7 Å². The number of carbonyl (C=O) groups is 8. The number of fused-ring (bicyclic) bond motifs is 2. The van der Waals surface area contributed by atoms with E-state index in [2.05, 4.69) is 31.1 Å². The van der Waals surface area contributed by atoms with Gasteiger partial charge in [-0.3, -0.25) is 29.0 Å². The molecule has 21 heteroatoms. The number of carbonyl (C=O) groups excluding carboxylic acids is 8. The molecule has 416 valence electrons. The van der Waals surface area contributed by atoms with E-state index in [1.54, 1.807) is 65.8 Å². The quantitative estimate of drug-likeness (QED) is 0.0973. The largest absolute Gasteiger partial charge is 2.00 e. The van der Waals surface area contributed by atoms with Crippen LogP contribution in [0.25, 0.3) is 0 Å². The monoisotopic (exact) mass is 1110 g/mol. The second kappa shape index (κ2) is 27.3. The summed E-state index contributed by atoms with van der Waals surface area (Å²) >= 11 is 0. The van der Waals surface area contributed by atoms with Crippen molar-refractivity contribution >= 4 is 120 Å². The topological polar surface area (TPSA) is 262 Å². The van der Waals surface area contributed by atoms with E-state index in [4.69, 9.17) is 9.47 Å². The predicted molar refractivity (Wildman–Crippen MR) is 297 cm³/mol. The number of nitrogens with one attached hydrogen (secondary N) is 4. The first-order chi connectivity index (χ1) is 37.0. The summed E-state index contributed by atoms with van der Waals surface area (Å²) in [5, 5.41) is 33.2. The van der Waals surface area contributed by atoms with E-state index < -0.39 is 71.0 Å². The molecular weight excluding hydrogens is 1040 g/mol. The zero-order valence-corrected chi connectivity index (χ0v) is 48.0. The van der Waals surface area contributed by atoms with Crippen LogP contribution in [0.2, 0.25) is 0 Å². The number of anilines is 6. The van der Waals surface area contributed by atoms with E-state index in [9.17, 15) is 48.6 Å². The number of nitrogens with zero attached hydrogens (tertiary/aromatic N) is 4. The van der Waals surface area contributed by atoms with Gasteiger partial charge in [0, 0.05) is 36.5 Å². The van der Waals surface area contributed by atoms with Crippen LogP contribution in [0.5, 0.6) is 0 Å². The van der Waals surface area contributed by atoms with Gasteiger partial charge in [0.1, 0.15) is 36.4 Å². The average Bonchev–Trinajstić information content (AvgIpc) is 3.68. The molecule has 2 aliphatic carbocycles. The molecule has 0 aromatic heterocycles. The van der Waals surface area contributed by atoms with Gasteiger partial charge in [0.25, 0.3) is 11.8 Å². The molecule has 6 amide bonds. The maximum absolute atomic E-state index is 13.9. The molecule has 20 nitrogen and oxygen atoms in total. The van der Waals surface area contributed by atoms with Crippen molar-refractivity contribution in [1.29, 1.82) is 0 Å². The molecule has 4 aromatic rings. The van der Waals surface area contributed by atoms with Crippen molar-refractivity contribution in [3.63, 3.8) is 0 Å². The summed E-state index contributed by atoms with van der Waals surface area (Å²) in [6, 6.07) is 23.3. The summed E-state index contributed by atoms with van der Waals surface area (Å²) in [5.74, 6) is -4.72. The summed E-state index contributed by atoms with van der Waals surface area (Å²) in [5.41, 5.74) is 1.70. The molecule has 2 heterocycles. The number of urea groups is 2. The van der Waals surface area contributed by atoms with E-state index >= 15 is 0 Å². The number of amides is 6. The molecule has 0 radical (unpaired) electrons. The van der Waals surface area contributed by atoms with Gasteiger partial charge in [-0.05, 0) is 127 Å². The van der Waals surface area contributed by atoms with Crippen molar-refractivity contribution < 1.29 is 58.0 Å². The maximum atomic E-state index is 13.9. The van der Waals surface area contributed by atoms with Crippen molar-refractivity contribution in [2.45, 2.75) is 141 Å². The van der Waals surface area contributed by atoms with Gasteiger partial charge in [0.15, 0.2) is 0 Å². The van der Waals surface area contributed by atoms with Gasteiger partial charge in [-0.2, -0.15) is 0 Å². The van der Waals surface area contributed by atoms with Crippen LogP contribution in [0, 0.1) is 0 Å². The Morgan fingerprint density at radius 3 is 1.18 bits per heavy atom. The minimum atomic E-state index is -1.36. The number of rotatable bonds is 12. The Labute approximate surface area is 490 Å². The van der Waals surface area contributed by atoms with Crippen LogP contribution in [0.15, 0.2) is 97.1 Å². The summed E-state index contributed by atoms with van der Waals surface area (Å²) in [4.78, 5) is 109. The van der Waals surface area contributed by atoms with Gasteiger partial charge in [-0.25, -0.2) is 9.59 Å². The Bertz CT molecular complexity index is 2670. The summed E-state index contributed by atoms with van der Waals surface area (Å²) in [6.45, 7) is 10.4. The first-order valence-electron chi connectivity index (χ1n) is 26.6. The van der Waals surface area contributed by atoms with Crippen molar-refractivity contribution in [2.75, 3.05) is 56.4 Å². The van der Waals surface area contributed by atoms with Crippen LogP contribution in [-0.4, -0.2) is 147 Å². The van der Waals surface area contributed by atoms with Gasteiger partial charge < -0.3 is 60.3 Å². The first kappa shape index (κ1) is 61.3. The summed E-state index contributed by atoms with van der Waals surface area (Å²) < 4.78 is 11.0. The fraction of sp³-hybridized carbons (Fsp3) is 0.448. The number of carboxylic acids is 2. The van der Waals surface area contributed by atoms with Gasteiger partial charge in [0.2, 0.25) is 0 Å². The minimum absolute atomic E-state index is 0. The number of hydrogen-bond donors (Lipinski definition) is 4. The van der Waals surface area contributed by atoms with Gasteiger partial charge >= 0.3 is 61.7 Å². The van der Waals surface area contributed by atoms with Crippen molar-refractivity contribution in [3.05, 3.63) is 108 Å². The van der Waals surface area contributed by atoms with E-state index in [-0.39, 0.29) is 98.5 Å². The molecule has 0 saturated heterocycles. The summed E-state index contributed by atoms with van der Waals surface area (Å²) in [6.07, 6.45) is 10.5. The van der Waals surface area contributed by atoms with Crippen molar-refractivity contribution in [3.8, 4) is 0 Å². The fourth-order valence-corrected chi connectivity index (χ4v) is 10.4. The molecule has 0 bridgehead atoms. The molecule has 2 saturated carbocycles. The smallest absolute Gasteiger partial charge is 0.545 e. The van der Waals surface area contributed by atoms with Gasteiger partial charge in [-0.1, -0.05) is 87.1 Å². The molecule has 4 N–H and O–H groups in total. The molecule has 0 unspecified atom stereocenters. The van der Waals surface area contributed by atoms with Gasteiger partial charge in [0.05, 0.1) is 34.7 Å². The number of para-hydroxylation sites is 4. The normalized spacial score (nSPS) is 17.9. The number of carboxylic acid groups (broad SMARTS) is 2. The number of aromatic carboxylic acids is 2. The van der Waals surface area contributed by atoms with Crippen molar-refractivity contribution in [1.82, 2.24) is 10.6 Å². The number of ether oxygens (including phenoxy) is 2. The van der Waals surface area contributed by atoms with E-state index in [0.29, 0.717) is 11.4 Å². The van der Waals surface area contributed by atoms with E-state index in [1.165, 1.54) is 46.2 Å². The zero-order valence-electron chi connectivity index (χ0n) is 45.8. The molecule has 8 rings (SSSR count). The Morgan fingerprint density at radius 2 is 0.848 bits per heavy atom. The fourth-order valence-electron chi connectivity index (χ4n) is 10.4. The zero-order chi connectivity index (χ0) is 56.3. The second-order valence-corrected chi connectivity index (χ2v) is 21.9. The molecule has 2 aliphatic heterocycles. The molecule has 0 spiro atoms. The van der Waals surface area contributed by atoms with Crippen LogP contribution >= 0.6 is 0 Å². The Hall–Kier alpha value is -6.90. The third-order valence-corrected chi connectivity index (χ3v) is 13.6. The van der Waals surface area contributed by atoms with Crippen LogP contribution < -0.4 is 51.1 Å². The summed E-state index contributed by atoms with van der Waals surface area (Å²) in [7, 11) is 0. The van der Waals surface area contributed by atoms with Crippen LogP contribution in [-0.2, 0) is 28.7 Å². The average molecular weight is 1110 g/mol. The molecule has 79 heavy (non-hydrogen) atoms. The number of benzene rings is 4. The Balaban J connectivity index is 0.000000252. The van der Waals surface area contributed by atoms with E-state index in [0.717, 1.165) is 75.6 Å². The minimum Gasteiger partial charge on any atom is -0.545 e. The molecular formula is C58H70CaN8O12. The molecule has 4 aromatic carbocycles. The second-order valence-electron chi connectivity index (χ2n) is 21.9. The molecule has 2 fully saturated rings. The Kier molecular flexibility index (Phi) is 21.2. The molecule has 2 atom stereocenters. The standard InChI is InChI=1S/2C29H36N4O6.Ca/c2*1-29(2,3)39-25(34)18-33-24-15-8-7-14-23(24)32(21-12-5-4-6-13-21)17-22(26(33)35)31-28(38)30-20-11-9-10-19(16-20)27(36)37;/h2*7-11,14-16,21-22H,4-6,12-13,17-18H2,1-3H3,(H,36,37)(H2,30,31,38);/q;;+2/p-2/t2*22-;/m11./s1. The van der Waals surface area contributed by atoms with Crippen LogP contribution in [0.1, 0.15) is 126 Å². The molecule has 4 aliphatic rings. The maximum Gasteiger partial charge on any atom is 2.00 e.